The van der Waals surface area contributed by atoms with Crippen molar-refractivity contribution in [3.05, 3.63) is 0 Å². The molecule has 0 aromatic rings. The lowest BCUT2D eigenvalue weighted by Gasteiger charge is -2.41. The van der Waals surface area contributed by atoms with E-state index in [0.717, 1.165) is 0 Å². The molecule has 2 fully saturated rings. The first-order valence-corrected chi connectivity index (χ1v) is 8.08. The number of rotatable bonds is 4. The highest BCUT2D eigenvalue weighted by Crippen LogP contribution is 2.35. The van der Waals surface area contributed by atoms with E-state index in [2.05, 4.69) is 0 Å². The third kappa shape index (κ3) is 4.30. The molecule has 2 heterocycles. The van der Waals surface area contributed by atoms with Crippen LogP contribution in [0.3, 0.4) is 0 Å². The Morgan fingerprint density at radius 2 is 1.19 bits per heavy atom. The smallest absolute Gasteiger partial charge is 0.303 e. The average molecular weight is 371 g/mol. The van der Waals surface area contributed by atoms with Crippen LogP contribution in [0.2, 0.25) is 0 Å². The Morgan fingerprint density at radius 3 is 1.65 bits per heavy atom. The monoisotopic (exact) mass is 371 g/mol. The number of fused-ring (bicyclic) bond motifs is 1. The molecule has 0 bridgehead atoms. The Balaban J connectivity index is 2.40. The van der Waals surface area contributed by atoms with Gasteiger partial charge >= 0.3 is 23.9 Å². The fourth-order valence-corrected chi connectivity index (χ4v) is 3.39. The number of ether oxygens (including phenoxy) is 4. The summed E-state index contributed by atoms with van der Waals surface area (Å²) in [6.07, 6.45) is -4.26. The molecule has 2 saturated heterocycles. The van der Waals surface area contributed by atoms with Crippen LogP contribution < -0.4 is 0 Å². The molecule has 144 valence electrons. The summed E-state index contributed by atoms with van der Waals surface area (Å²) in [6, 6.07) is -0.933. The van der Waals surface area contributed by atoms with Gasteiger partial charge in [0, 0.05) is 27.7 Å². The van der Waals surface area contributed by atoms with Crippen molar-refractivity contribution in [3.63, 3.8) is 0 Å². The Bertz CT molecular complexity index is 631. The van der Waals surface area contributed by atoms with Crippen molar-refractivity contribution in [3.8, 4) is 0 Å². The van der Waals surface area contributed by atoms with Gasteiger partial charge in [0.2, 0.25) is 5.91 Å². The molecule has 0 unspecified atom stereocenters. The van der Waals surface area contributed by atoms with Gasteiger partial charge in [0.15, 0.2) is 18.3 Å². The Hall–Kier alpha value is -2.65. The first kappa shape index (κ1) is 19.7. The van der Waals surface area contributed by atoms with Gasteiger partial charge < -0.3 is 23.8 Å². The van der Waals surface area contributed by atoms with E-state index in [-0.39, 0.29) is 13.0 Å². The third-order valence-corrected chi connectivity index (χ3v) is 4.08. The molecule has 0 aromatic heterocycles. The number of carbonyl (C=O) groups is 5. The molecule has 0 radical (unpaired) electrons. The van der Waals surface area contributed by atoms with Gasteiger partial charge in [-0.15, -0.1) is 0 Å². The maximum Gasteiger partial charge on any atom is 0.303 e. The first-order valence-electron chi connectivity index (χ1n) is 8.08. The van der Waals surface area contributed by atoms with Crippen molar-refractivity contribution in [2.75, 3.05) is 6.54 Å². The van der Waals surface area contributed by atoms with Gasteiger partial charge in [0.05, 0.1) is 13.0 Å². The summed E-state index contributed by atoms with van der Waals surface area (Å²) >= 11 is 0. The number of amides is 1. The molecule has 0 aromatic carbocycles. The average Bonchev–Trinajstić information content (AvgIpc) is 2.80. The van der Waals surface area contributed by atoms with E-state index in [0.29, 0.717) is 0 Å². The van der Waals surface area contributed by atoms with E-state index in [4.69, 9.17) is 18.9 Å². The highest BCUT2D eigenvalue weighted by molar-refractivity contribution is 5.80. The number of carbonyl (C=O) groups excluding carboxylic acids is 5. The highest BCUT2D eigenvalue weighted by atomic mass is 16.6. The maximum atomic E-state index is 12.5. The minimum Gasteiger partial charge on any atom is -0.458 e. The number of nitrogens with zero attached hydrogens (tertiary/aromatic N) is 1. The predicted octanol–water partition coefficient (Wildman–Crippen LogP) is -0.672. The largest absolute Gasteiger partial charge is 0.458 e. The molecule has 2 aliphatic rings. The lowest BCUT2D eigenvalue weighted by atomic mass is 9.93. The van der Waals surface area contributed by atoms with Crippen molar-refractivity contribution in [2.24, 2.45) is 0 Å². The second kappa shape index (κ2) is 7.71. The molecule has 10 nitrogen and oxygen atoms in total. The number of hydrogen-bond donors (Lipinski definition) is 0. The van der Waals surface area contributed by atoms with E-state index in [1.165, 1.54) is 32.6 Å². The Morgan fingerprint density at radius 1 is 0.769 bits per heavy atom. The number of esters is 4. The SMILES string of the molecule is CC(=O)O[C@@H]1[C@@H]2[C@H](OC(C)=O)[C@H](OC(C)=O)CN2C(=O)C[C@H]1OC(C)=O. The van der Waals surface area contributed by atoms with Gasteiger partial charge in [-0.2, -0.15) is 0 Å². The molecule has 0 saturated carbocycles. The second-order valence-electron chi connectivity index (χ2n) is 6.18. The molecule has 2 aliphatic heterocycles. The van der Waals surface area contributed by atoms with Crippen LogP contribution in [-0.2, 0) is 42.9 Å². The normalized spacial score (nSPS) is 30.2. The van der Waals surface area contributed by atoms with Crippen molar-refractivity contribution in [2.45, 2.75) is 64.6 Å². The molecular weight excluding hydrogens is 350 g/mol. The first-order chi connectivity index (χ1) is 12.1. The van der Waals surface area contributed by atoms with Gasteiger partial charge in [0.1, 0.15) is 12.1 Å². The summed E-state index contributed by atoms with van der Waals surface area (Å²) in [6.45, 7) is 4.68. The zero-order valence-electron chi connectivity index (χ0n) is 14.9. The van der Waals surface area contributed by atoms with Crippen LogP contribution >= 0.6 is 0 Å². The molecule has 5 atom stereocenters. The summed E-state index contributed by atoms with van der Waals surface area (Å²) < 4.78 is 20.9. The highest BCUT2D eigenvalue weighted by Gasteiger charge is 2.58. The standard InChI is InChI=1S/C16H21NO9/c1-7(18)23-11-5-13(22)17-6-12(24-8(2)19)16(26-10(4)21)14(17)15(11)25-9(3)20/h11-12,14-16H,5-6H2,1-4H3/t11-,12-,14-,15+,16-/m1/s1. The molecule has 0 spiro atoms. The lowest BCUT2D eigenvalue weighted by Crippen LogP contribution is -2.60. The van der Waals surface area contributed by atoms with Gasteiger partial charge in [-0.1, -0.05) is 0 Å². The minimum atomic E-state index is -1.06. The van der Waals surface area contributed by atoms with Crippen molar-refractivity contribution in [1.82, 2.24) is 4.90 Å². The molecule has 0 N–H and O–H groups in total. The number of hydrogen-bond acceptors (Lipinski definition) is 9. The second-order valence-corrected chi connectivity index (χ2v) is 6.18. The van der Waals surface area contributed by atoms with Crippen LogP contribution in [0.5, 0.6) is 0 Å². The van der Waals surface area contributed by atoms with Crippen LogP contribution in [0.4, 0.5) is 0 Å². The fraction of sp³-hybridized carbons (Fsp3) is 0.688. The van der Waals surface area contributed by atoms with Gasteiger partial charge in [0.25, 0.3) is 0 Å². The molecular formula is C16H21NO9. The molecule has 0 aliphatic carbocycles. The number of piperidine rings is 1. The van der Waals surface area contributed by atoms with Gasteiger partial charge in [-0.25, -0.2) is 0 Å². The summed E-state index contributed by atoms with van der Waals surface area (Å²) in [4.78, 5) is 59.6. The zero-order chi connectivity index (χ0) is 19.6. The van der Waals surface area contributed by atoms with Gasteiger partial charge in [-0.05, 0) is 0 Å². The van der Waals surface area contributed by atoms with E-state index in [9.17, 15) is 24.0 Å². The Kier molecular flexibility index (Phi) is 5.83. The van der Waals surface area contributed by atoms with E-state index < -0.39 is 60.2 Å². The predicted molar refractivity (Wildman–Crippen MR) is 82.3 cm³/mol. The summed E-state index contributed by atoms with van der Waals surface area (Å²) in [5.41, 5.74) is 0. The fourth-order valence-electron chi connectivity index (χ4n) is 3.39. The topological polar surface area (TPSA) is 126 Å². The summed E-state index contributed by atoms with van der Waals surface area (Å²) in [5, 5.41) is 0. The van der Waals surface area contributed by atoms with Crippen molar-refractivity contribution >= 4 is 29.8 Å². The van der Waals surface area contributed by atoms with Gasteiger partial charge in [-0.3, -0.25) is 24.0 Å². The quantitative estimate of drug-likeness (QED) is 0.467. The summed E-state index contributed by atoms with van der Waals surface area (Å²) in [7, 11) is 0. The lowest BCUT2D eigenvalue weighted by molar-refractivity contribution is -0.189. The van der Waals surface area contributed by atoms with Crippen LogP contribution in [0.1, 0.15) is 34.1 Å². The Labute approximate surface area is 149 Å². The molecule has 10 heteroatoms. The molecule has 1 amide bonds. The van der Waals surface area contributed by atoms with E-state index in [1.807, 2.05) is 0 Å². The van der Waals surface area contributed by atoms with Crippen LogP contribution in [0.25, 0.3) is 0 Å². The maximum absolute atomic E-state index is 12.5. The zero-order valence-corrected chi connectivity index (χ0v) is 14.9. The van der Waals surface area contributed by atoms with E-state index >= 15 is 0 Å². The van der Waals surface area contributed by atoms with Crippen molar-refractivity contribution < 1.29 is 42.9 Å². The van der Waals surface area contributed by atoms with Crippen LogP contribution in [0.15, 0.2) is 0 Å². The van der Waals surface area contributed by atoms with Crippen molar-refractivity contribution in [1.29, 1.82) is 0 Å². The van der Waals surface area contributed by atoms with Crippen LogP contribution in [0, 0.1) is 0 Å². The van der Waals surface area contributed by atoms with E-state index in [1.54, 1.807) is 0 Å². The molecule has 2 rings (SSSR count). The van der Waals surface area contributed by atoms with Crippen LogP contribution in [-0.4, -0.2) is 71.7 Å². The minimum absolute atomic E-state index is 0.0222. The summed E-state index contributed by atoms with van der Waals surface area (Å²) in [5.74, 6) is -2.96. The molecule has 26 heavy (non-hydrogen) atoms. The third-order valence-electron chi connectivity index (χ3n) is 4.08.